The summed E-state index contributed by atoms with van der Waals surface area (Å²) in [6.07, 6.45) is 0.253. The summed E-state index contributed by atoms with van der Waals surface area (Å²) < 4.78 is -0.668. The topological polar surface area (TPSA) is 40.1 Å². The molecule has 0 saturated heterocycles. The molecule has 4 heteroatoms. The van der Waals surface area contributed by atoms with Crippen molar-refractivity contribution in [2.45, 2.75) is 27.7 Å². The summed E-state index contributed by atoms with van der Waals surface area (Å²) in [7, 11) is 2.34. The van der Waals surface area contributed by atoms with Gasteiger partial charge in [-0.1, -0.05) is 27.7 Å². The lowest BCUT2D eigenvalue weighted by atomic mass is 10.1. The Labute approximate surface area is 89.2 Å². The minimum atomic E-state index is -0.668. The van der Waals surface area contributed by atoms with Gasteiger partial charge in [-0.25, -0.2) is 4.79 Å². The van der Waals surface area contributed by atoms with Crippen molar-refractivity contribution in [2.24, 2.45) is 11.8 Å². The fraction of sp³-hybridized carbons (Fsp3) is 0.900. The Kier molecular flexibility index (Phi) is 5.80. The number of hydrogen-bond acceptors (Lipinski definition) is 2. The lowest BCUT2D eigenvalue weighted by Crippen LogP contribution is -2.52. The number of rotatable bonds is 5. The third-order valence-corrected chi connectivity index (χ3v) is 2.30. The van der Waals surface area contributed by atoms with Crippen molar-refractivity contribution >= 4 is 15.1 Å². The Morgan fingerprint density at radius 2 is 1.57 bits per heavy atom. The van der Waals surface area contributed by atoms with E-state index in [1.54, 1.807) is 0 Å². The van der Waals surface area contributed by atoms with Gasteiger partial charge in [0.1, 0.15) is 0 Å². The van der Waals surface area contributed by atoms with Crippen LogP contribution in [-0.4, -0.2) is 29.8 Å². The van der Waals surface area contributed by atoms with Gasteiger partial charge in [-0.3, -0.25) is 4.65 Å². The first-order chi connectivity index (χ1) is 6.31. The molecule has 3 nitrogen and oxygen atoms in total. The smallest absolute Gasteiger partial charge is 0.317 e. The van der Waals surface area contributed by atoms with E-state index in [-0.39, 0.29) is 23.9 Å². The molecule has 0 aromatic heterocycles. The molecule has 0 bridgehead atoms. The first kappa shape index (κ1) is 14.0. The van der Waals surface area contributed by atoms with Gasteiger partial charge >= 0.3 is 5.91 Å². The normalized spacial score (nSPS) is 12.6. The van der Waals surface area contributed by atoms with E-state index in [1.165, 1.54) is 0 Å². The zero-order valence-corrected chi connectivity index (χ0v) is 10.8. The first-order valence-electron chi connectivity index (χ1n) is 5.13. The minimum Gasteiger partial charge on any atom is -0.625 e. The number of nitrogens with zero attached hydrogens (tertiary/aromatic N) is 1. The van der Waals surface area contributed by atoms with Crippen molar-refractivity contribution in [1.29, 1.82) is 0 Å². The number of hydrogen-bond donors (Lipinski definition) is 0. The van der Waals surface area contributed by atoms with Crippen molar-refractivity contribution in [3.05, 3.63) is 5.21 Å². The van der Waals surface area contributed by atoms with Crippen LogP contribution in [0.1, 0.15) is 27.7 Å². The highest BCUT2D eigenvalue weighted by Crippen LogP contribution is 2.15. The monoisotopic (exact) mass is 219 g/mol. The van der Waals surface area contributed by atoms with Crippen LogP contribution in [0.15, 0.2) is 0 Å². The van der Waals surface area contributed by atoms with Gasteiger partial charge < -0.3 is 5.21 Å². The molecular weight excluding hydrogens is 197 g/mol. The van der Waals surface area contributed by atoms with E-state index < -0.39 is 4.65 Å². The Bertz CT molecular complexity index is 183. The summed E-state index contributed by atoms with van der Waals surface area (Å²) in [6.45, 7) is 8.68. The van der Waals surface area contributed by atoms with Gasteiger partial charge in [-0.15, -0.1) is 9.24 Å². The lowest BCUT2D eigenvalue weighted by molar-refractivity contribution is -0.810. The van der Waals surface area contributed by atoms with Gasteiger partial charge in [-0.2, -0.15) is 0 Å². The van der Waals surface area contributed by atoms with Crippen LogP contribution in [0, 0.1) is 17.0 Å². The summed E-state index contributed by atoms with van der Waals surface area (Å²) >= 11 is 0. The second-order valence-corrected chi connectivity index (χ2v) is 5.05. The van der Waals surface area contributed by atoms with E-state index in [9.17, 15) is 10.0 Å². The van der Waals surface area contributed by atoms with E-state index >= 15 is 0 Å². The molecule has 1 unspecified atom stereocenters. The average molecular weight is 219 g/mol. The summed E-state index contributed by atoms with van der Waals surface area (Å²) in [4.78, 5) is 11.5. The second-order valence-electron chi connectivity index (χ2n) is 4.64. The Morgan fingerprint density at radius 1 is 1.21 bits per heavy atom. The molecule has 0 aliphatic carbocycles. The van der Waals surface area contributed by atoms with Crippen LogP contribution in [0.2, 0.25) is 0 Å². The highest BCUT2D eigenvalue weighted by Gasteiger charge is 2.27. The standard InChI is InChI=1S/C10H22NO2P/c1-8(2)5-11(13,6-9(3)4)10(12)7-14/h8-9H,5-7,14H2,1-4H3. The molecule has 1 amide bonds. The lowest BCUT2D eigenvalue weighted by Gasteiger charge is -2.42. The molecule has 1 atom stereocenters. The number of quaternary nitrogens is 1. The van der Waals surface area contributed by atoms with E-state index in [1.807, 2.05) is 27.7 Å². The maximum atomic E-state index is 12.2. The van der Waals surface area contributed by atoms with E-state index in [4.69, 9.17) is 0 Å². The highest BCUT2D eigenvalue weighted by atomic mass is 31.0. The molecule has 0 fully saturated rings. The van der Waals surface area contributed by atoms with Gasteiger partial charge in [0.25, 0.3) is 0 Å². The molecule has 0 aliphatic heterocycles. The molecule has 14 heavy (non-hydrogen) atoms. The van der Waals surface area contributed by atoms with Crippen LogP contribution in [0.5, 0.6) is 0 Å². The largest absolute Gasteiger partial charge is 0.625 e. The predicted octanol–water partition coefficient (Wildman–Crippen LogP) is 2.01. The molecule has 0 aromatic carbocycles. The molecule has 0 rings (SSSR count). The number of hydroxylamine groups is 3. The first-order valence-corrected chi connectivity index (χ1v) is 5.95. The fourth-order valence-corrected chi connectivity index (χ4v) is 1.96. The van der Waals surface area contributed by atoms with E-state index in [0.29, 0.717) is 13.1 Å². The van der Waals surface area contributed by atoms with Crippen LogP contribution in [-0.2, 0) is 4.79 Å². The van der Waals surface area contributed by atoms with Crippen LogP contribution in [0.3, 0.4) is 0 Å². The molecule has 0 radical (unpaired) electrons. The van der Waals surface area contributed by atoms with Gasteiger partial charge in [0.05, 0.1) is 19.3 Å². The maximum absolute atomic E-state index is 12.2. The zero-order valence-electron chi connectivity index (χ0n) is 9.62. The van der Waals surface area contributed by atoms with E-state index in [2.05, 4.69) is 9.24 Å². The van der Waals surface area contributed by atoms with Crippen LogP contribution >= 0.6 is 9.24 Å². The van der Waals surface area contributed by atoms with Gasteiger partial charge in [0.2, 0.25) is 0 Å². The molecule has 0 aliphatic rings. The summed E-state index contributed by atoms with van der Waals surface area (Å²) in [5.41, 5.74) is 0. The Hall–Kier alpha value is 0.0200. The zero-order chi connectivity index (χ0) is 11.4. The molecule has 0 saturated carbocycles. The quantitative estimate of drug-likeness (QED) is 0.403. The van der Waals surface area contributed by atoms with Crippen molar-refractivity contribution in [3.8, 4) is 0 Å². The van der Waals surface area contributed by atoms with Crippen molar-refractivity contribution < 1.29 is 9.44 Å². The number of amides is 1. The average Bonchev–Trinajstić information content (AvgIpc) is 1.99. The van der Waals surface area contributed by atoms with E-state index in [0.717, 1.165) is 0 Å². The Morgan fingerprint density at radius 3 is 1.79 bits per heavy atom. The van der Waals surface area contributed by atoms with Crippen molar-refractivity contribution in [3.63, 3.8) is 0 Å². The fourth-order valence-electron chi connectivity index (χ4n) is 1.62. The number of carbonyl (C=O) groups excluding carboxylic acids is 1. The van der Waals surface area contributed by atoms with Crippen LogP contribution in [0.4, 0.5) is 0 Å². The maximum Gasteiger partial charge on any atom is 0.317 e. The predicted molar refractivity (Wildman–Crippen MR) is 62.6 cm³/mol. The second kappa shape index (κ2) is 5.79. The van der Waals surface area contributed by atoms with Crippen molar-refractivity contribution in [2.75, 3.05) is 19.3 Å². The molecular formula is C10H22NO2P. The molecule has 0 N–H and O–H groups in total. The summed E-state index contributed by atoms with van der Waals surface area (Å²) in [5, 5.41) is 12.2. The van der Waals surface area contributed by atoms with Crippen LogP contribution in [0.25, 0.3) is 0 Å². The highest BCUT2D eigenvalue weighted by molar-refractivity contribution is 7.18. The summed E-state index contributed by atoms with van der Waals surface area (Å²) in [5.74, 6) is 0.288. The molecule has 84 valence electrons. The third-order valence-electron chi connectivity index (χ3n) is 1.95. The van der Waals surface area contributed by atoms with Gasteiger partial charge in [0.15, 0.2) is 0 Å². The molecule has 0 heterocycles. The van der Waals surface area contributed by atoms with Crippen molar-refractivity contribution in [1.82, 2.24) is 0 Å². The van der Waals surface area contributed by atoms with Gasteiger partial charge in [0, 0.05) is 11.8 Å². The minimum absolute atomic E-state index is 0.225. The van der Waals surface area contributed by atoms with Crippen LogP contribution < -0.4 is 0 Å². The SMILES string of the molecule is CC(C)C[N+]([O-])(CC(C)C)C(=O)CP. The number of carbonyl (C=O) groups is 1. The molecule has 0 spiro atoms. The molecule has 0 aromatic rings. The Balaban J connectivity index is 4.57. The summed E-state index contributed by atoms with van der Waals surface area (Å²) in [6, 6.07) is 0. The third kappa shape index (κ3) is 4.50. The van der Waals surface area contributed by atoms with Gasteiger partial charge in [-0.05, 0) is 0 Å².